The maximum Gasteiger partial charge on any atom is 0.335 e. The average molecular weight is 276 g/mol. The zero-order valence-electron chi connectivity index (χ0n) is 11.9. The van der Waals surface area contributed by atoms with E-state index >= 15 is 0 Å². The number of hydrogen-bond donors (Lipinski definition) is 1. The Labute approximate surface area is 118 Å². The topological polar surface area (TPSA) is 64.4 Å². The van der Waals surface area contributed by atoms with Crippen molar-refractivity contribution in [3.8, 4) is 0 Å². The Morgan fingerprint density at radius 2 is 2.25 bits per heavy atom. The standard InChI is InChI=1S/C15H20N2O3/c1-11(2)9-20-7-3-6-17-10-16-13-5-4-12(15(18)19)8-14(13)17/h4-5,8,10-11H,3,6-7,9H2,1-2H3,(H,18,19). The number of aryl methyl sites for hydroxylation is 1. The van der Waals surface area contributed by atoms with Crippen molar-refractivity contribution in [3.05, 3.63) is 30.1 Å². The van der Waals surface area contributed by atoms with E-state index < -0.39 is 5.97 Å². The van der Waals surface area contributed by atoms with E-state index in [1.165, 1.54) is 0 Å². The van der Waals surface area contributed by atoms with E-state index in [-0.39, 0.29) is 5.56 Å². The largest absolute Gasteiger partial charge is 0.478 e. The molecule has 1 N–H and O–H groups in total. The van der Waals surface area contributed by atoms with Crippen molar-refractivity contribution >= 4 is 17.0 Å². The van der Waals surface area contributed by atoms with Gasteiger partial charge < -0.3 is 14.4 Å². The van der Waals surface area contributed by atoms with Crippen LogP contribution in [0.1, 0.15) is 30.6 Å². The van der Waals surface area contributed by atoms with Gasteiger partial charge in [-0.2, -0.15) is 0 Å². The number of aromatic carboxylic acids is 1. The quantitative estimate of drug-likeness (QED) is 0.790. The third-order valence-electron chi connectivity index (χ3n) is 3.01. The summed E-state index contributed by atoms with van der Waals surface area (Å²) < 4.78 is 7.51. The summed E-state index contributed by atoms with van der Waals surface area (Å²) in [4.78, 5) is 15.3. The Bertz CT molecular complexity index is 590. The monoisotopic (exact) mass is 276 g/mol. The number of imidazole rings is 1. The molecule has 0 unspecified atom stereocenters. The first-order chi connectivity index (χ1) is 9.58. The van der Waals surface area contributed by atoms with E-state index in [9.17, 15) is 4.79 Å². The van der Waals surface area contributed by atoms with Crippen LogP contribution in [0.3, 0.4) is 0 Å². The maximum atomic E-state index is 11.0. The molecule has 2 aromatic rings. The summed E-state index contributed by atoms with van der Waals surface area (Å²) in [5, 5.41) is 9.02. The molecule has 0 amide bonds. The molecule has 1 aromatic heterocycles. The lowest BCUT2D eigenvalue weighted by Crippen LogP contribution is -2.06. The molecule has 108 valence electrons. The molecule has 5 heteroatoms. The molecular weight excluding hydrogens is 256 g/mol. The molecule has 20 heavy (non-hydrogen) atoms. The number of aromatic nitrogens is 2. The highest BCUT2D eigenvalue weighted by Gasteiger charge is 2.07. The zero-order valence-corrected chi connectivity index (χ0v) is 11.9. The molecule has 0 bridgehead atoms. The van der Waals surface area contributed by atoms with Crippen molar-refractivity contribution in [2.75, 3.05) is 13.2 Å². The molecule has 0 atom stereocenters. The SMILES string of the molecule is CC(C)COCCCn1cnc2ccc(C(=O)O)cc21. The minimum absolute atomic E-state index is 0.287. The number of carbonyl (C=O) groups is 1. The van der Waals surface area contributed by atoms with Gasteiger partial charge in [0.2, 0.25) is 0 Å². The van der Waals surface area contributed by atoms with Gasteiger partial charge in [0.15, 0.2) is 0 Å². The predicted molar refractivity (Wildman–Crippen MR) is 77.0 cm³/mol. The molecule has 0 fully saturated rings. The Morgan fingerprint density at radius 1 is 1.45 bits per heavy atom. The minimum atomic E-state index is -0.917. The van der Waals surface area contributed by atoms with Gasteiger partial charge in [0, 0.05) is 19.8 Å². The summed E-state index contributed by atoms with van der Waals surface area (Å²) in [5.41, 5.74) is 1.96. The second-order valence-corrected chi connectivity index (χ2v) is 5.27. The molecule has 0 aliphatic rings. The van der Waals surface area contributed by atoms with E-state index in [0.29, 0.717) is 12.5 Å². The third kappa shape index (κ3) is 3.57. The average Bonchev–Trinajstić information content (AvgIpc) is 2.80. The number of fused-ring (bicyclic) bond motifs is 1. The molecule has 0 aliphatic heterocycles. The van der Waals surface area contributed by atoms with E-state index in [1.54, 1.807) is 24.5 Å². The number of carboxylic acid groups (broad SMARTS) is 1. The van der Waals surface area contributed by atoms with Gasteiger partial charge >= 0.3 is 5.97 Å². The molecule has 0 radical (unpaired) electrons. The van der Waals surface area contributed by atoms with Crippen molar-refractivity contribution < 1.29 is 14.6 Å². The van der Waals surface area contributed by atoms with Crippen molar-refractivity contribution in [1.82, 2.24) is 9.55 Å². The second-order valence-electron chi connectivity index (χ2n) is 5.27. The molecular formula is C15H20N2O3. The van der Waals surface area contributed by atoms with Gasteiger partial charge in [-0.25, -0.2) is 9.78 Å². The first-order valence-corrected chi connectivity index (χ1v) is 6.84. The van der Waals surface area contributed by atoms with Crippen LogP contribution >= 0.6 is 0 Å². The molecule has 1 heterocycles. The van der Waals surface area contributed by atoms with Crippen molar-refractivity contribution in [2.45, 2.75) is 26.8 Å². The Morgan fingerprint density at radius 3 is 2.95 bits per heavy atom. The van der Waals surface area contributed by atoms with E-state index in [4.69, 9.17) is 9.84 Å². The van der Waals surface area contributed by atoms with Crippen LogP contribution < -0.4 is 0 Å². The lowest BCUT2D eigenvalue weighted by molar-refractivity contribution is 0.0697. The number of ether oxygens (including phenoxy) is 1. The molecule has 5 nitrogen and oxygen atoms in total. The van der Waals surface area contributed by atoms with Crippen molar-refractivity contribution in [3.63, 3.8) is 0 Å². The van der Waals surface area contributed by atoms with Crippen LogP contribution in [0.25, 0.3) is 11.0 Å². The van der Waals surface area contributed by atoms with Crippen LogP contribution in [0.2, 0.25) is 0 Å². The molecule has 0 saturated carbocycles. The maximum absolute atomic E-state index is 11.0. The number of nitrogens with zero attached hydrogens (tertiary/aromatic N) is 2. The molecule has 2 rings (SSSR count). The lowest BCUT2D eigenvalue weighted by atomic mass is 10.2. The fourth-order valence-electron chi connectivity index (χ4n) is 2.02. The second kappa shape index (κ2) is 6.52. The van der Waals surface area contributed by atoms with E-state index in [1.807, 2.05) is 4.57 Å². The first kappa shape index (κ1) is 14.5. The predicted octanol–water partition coefficient (Wildman–Crippen LogP) is 2.80. The highest BCUT2D eigenvalue weighted by atomic mass is 16.5. The zero-order chi connectivity index (χ0) is 14.5. The van der Waals surface area contributed by atoms with Gasteiger partial charge in [-0.05, 0) is 30.5 Å². The number of rotatable bonds is 7. The first-order valence-electron chi connectivity index (χ1n) is 6.84. The lowest BCUT2D eigenvalue weighted by Gasteiger charge is -2.08. The summed E-state index contributed by atoms with van der Waals surface area (Å²) in [7, 11) is 0. The Hall–Kier alpha value is -1.88. The smallest absolute Gasteiger partial charge is 0.335 e. The summed E-state index contributed by atoms with van der Waals surface area (Å²) in [6.07, 6.45) is 2.63. The fraction of sp³-hybridized carbons (Fsp3) is 0.467. The molecule has 0 saturated heterocycles. The normalized spacial score (nSPS) is 11.3. The number of benzene rings is 1. The van der Waals surface area contributed by atoms with E-state index in [0.717, 1.165) is 30.6 Å². The van der Waals surface area contributed by atoms with Gasteiger partial charge in [-0.3, -0.25) is 0 Å². The van der Waals surface area contributed by atoms with Gasteiger partial charge in [-0.15, -0.1) is 0 Å². The fourth-order valence-corrected chi connectivity index (χ4v) is 2.02. The summed E-state index contributed by atoms with van der Waals surface area (Å²) in [6, 6.07) is 4.98. The van der Waals surface area contributed by atoms with Crippen molar-refractivity contribution in [1.29, 1.82) is 0 Å². The van der Waals surface area contributed by atoms with Gasteiger partial charge in [0.25, 0.3) is 0 Å². The summed E-state index contributed by atoms with van der Waals surface area (Å²) in [6.45, 7) is 6.50. The van der Waals surface area contributed by atoms with E-state index in [2.05, 4.69) is 18.8 Å². The summed E-state index contributed by atoms with van der Waals surface area (Å²) in [5.74, 6) is -0.373. The van der Waals surface area contributed by atoms with Crippen LogP contribution in [-0.4, -0.2) is 33.8 Å². The number of hydrogen-bond acceptors (Lipinski definition) is 3. The van der Waals surface area contributed by atoms with Gasteiger partial charge in [0.05, 0.1) is 22.9 Å². The minimum Gasteiger partial charge on any atom is -0.478 e. The van der Waals surface area contributed by atoms with Crippen LogP contribution in [0, 0.1) is 5.92 Å². The van der Waals surface area contributed by atoms with Crippen LogP contribution in [-0.2, 0) is 11.3 Å². The van der Waals surface area contributed by atoms with Gasteiger partial charge in [-0.1, -0.05) is 13.8 Å². The van der Waals surface area contributed by atoms with Crippen LogP contribution in [0.4, 0.5) is 0 Å². The number of carboxylic acids is 1. The van der Waals surface area contributed by atoms with Crippen LogP contribution in [0.15, 0.2) is 24.5 Å². The Balaban J connectivity index is 1.99. The molecule has 0 spiro atoms. The summed E-state index contributed by atoms with van der Waals surface area (Å²) >= 11 is 0. The Kier molecular flexibility index (Phi) is 4.74. The highest BCUT2D eigenvalue weighted by molar-refractivity contribution is 5.92. The highest BCUT2D eigenvalue weighted by Crippen LogP contribution is 2.15. The van der Waals surface area contributed by atoms with Crippen molar-refractivity contribution in [2.24, 2.45) is 5.92 Å². The van der Waals surface area contributed by atoms with Gasteiger partial charge in [0.1, 0.15) is 0 Å². The van der Waals surface area contributed by atoms with Crippen LogP contribution in [0.5, 0.6) is 0 Å². The molecule has 1 aromatic carbocycles. The third-order valence-corrected chi connectivity index (χ3v) is 3.01. The molecule has 0 aliphatic carbocycles.